The first kappa shape index (κ1) is 9.94. The van der Waals surface area contributed by atoms with Gasteiger partial charge in [-0.15, -0.1) is 5.10 Å². The maximum Gasteiger partial charge on any atom is 0.165 e. The Morgan fingerprint density at radius 3 is 2.85 bits per heavy atom. The Bertz CT molecular complexity index is 250. The normalized spacial score (nSPS) is 13.1. The third-order valence-electron chi connectivity index (χ3n) is 1.63. The number of nitrogen functional groups attached to an aromatic ring is 1. The molecule has 13 heavy (non-hydrogen) atoms. The molecule has 0 aliphatic heterocycles. The van der Waals surface area contributed by atoms with Crippen LogP contribution >= 0.6 is 0 Å². The van der Waals surface area contributed by atoms with Crippen LogP contribution in [0.15, 0.2) is 6.20 Å². The van der Waals surface area contributed by atoms with Crippen LogP contribution in [0, 0.1) is 0 Å². The van der Waals surface area contributed by atoms with Crippen molar-refractivity contribution >= 4 is 5.82 Å². The van der Waals surface area contributed by atoms with Crippen LogP contribution in [0.1, 0.15) is 0 Å². The first-order valence-corrected chi connectivity index (χ1v) is 3.93. The van der Waals surface area contributed by atoms with E-state index in [1.807, 2.05) is 0 Å². The number of hydrogen-bond acceptors (Lipinski definition) is 5. The van der Waals surface area contributed by atoms with Gasteiger partial charge in [0.2, 0.25) is 0 Å². The second-order valence-corrected chi connectivity index (χ2v) is 2.68. The molecule has 1 heterocycles. The smallest absolute Gasteiger partial charge is 0.165 e. The maximum absolute atomic E-state index is 5.40. The van der Waals surface area contributed by atoms with Gasteiger partial charge in [0, 0.05) is 14.2 Å². The fourth-order valence-corrected chi connectivity index (χ4v) is 0.992. The lowest BCUT2D eigenvalue weighted by Gasteiger charge is -2.13. The summed E-state index contributed by atoms with van der Waals surface area (Å²) in [6, 6.07) is 0. The summed E-state index contributed by atoms with van der Waals surface area (Å²) in [5, 5.41) is 7.45. The molecule has 1 atom stereocenters. The van der Waals surface area contributed by atoms with E-state index in [0.717, 1.165) is 0 Å². The van der Waals surface area contributed by atoms with Crippen LogP contribution in [0.2, 0.25) is 0 Å². The largest absolute Gasteiger partial charge is 0.382 e. The van der Waals surface area contributed by atoms with Crippen LogP contribution in [-0.2, 0) is 16.0 Å². The minimum atomic E-state index is -0.0221. The highest BCUT2D eigenvalue weighted by atomic mass is 16.5. The number of anilines is 1. The molecule has 74 valence electrons. The number of aromatic nitrogens is 3. The van der Waals surface area contributed by atoms with Crippen molar-refractivity contribution in [1.82, 2.24) is 15.0 Å². The number of nitrogens with two attached hydrogens (primary N) is 1. The summed E-state index contributed by atoms with van der Waals surface area (Å²) in [5.74, 6) is 0.410. The molecule has 1 unspecified atom stereocenters. The van der Waals surface area contributed by atoms with Gasteiger partial charge >= 0.3 is 0 Å². The summed E-state index contributed by atoms with van der Waals surface area (Å²) in [6.07, 6.45) is 1.63. The van der Waals surface area contributed by atoms with Crippen molar-refractivity contribution in [2.45, 2.75) is 12.6 Å². The zero-order chi connectivity index (χ0) is 9.68. The lowest BCUT2D eigenvalue weighted by molar-refractivity contribution is 0.0160. The van der Waals surface area contributed by atoms with E-state index in [1.165, 1.54) is 0 Å². The van der Waals surface area contributed by atoms with Gasteiger partial charge in [-0.3, -0.25) is 0 Å². The molecule has 0 aromatic carbocycles. The summed E-state index contributed by atoms with van der Waals surface area (Å²) in [7, 11) is 3.26. The van der Waals surface area contributed by atoms with E-state index in [-0.39, 0.29) is 6.10 Å². The van der Waals surface area contributed by atoms with E-state index in [1.54, 1.807) is 25.1 Å². The minimum Gasteiger partial charge on any atom is -0.382 e. The van der Waals surface area contributed by atoms with Gasteiger partial charge in [-0.2, -0.15) is 0 Å². The molecule has 0 saturated heterocycles. The minimum absolute atomic E-state index is 0.0221. The van der Waals surface area contributed by atoms with Gasteiger partial charge in [0.15, 0.2) is 5.82 Å². The molecule has 0 amide bonds. The molecule has 1 rings (SSSR count). The van der Waals surface area contributed by atoms with Crippen LogP contribution < -0.4 is 5.73 Å². The second-order valence-electron chi connectivity index (χ2n) is 2.68. The summed E-state index contributed by atoms with van der Waals surface area (Å²) in [6.45, 7) is 1.12. The third-order valence-corrected chi connectivity index (χ3v) is 1.63. The van der Waals surface area contributed by atoms with Crippen LogP contribution in [0.5, 0.6) is 0 Å². The van der Waals surface area contributed by atoms with E-state index in [0.29, 0.717) is 19.0 Å². The van der Waals surface area contributed by atoms with Crippen molar-refractivity contribution in [2.24, 2.45) is 0 Å². The average molecular weight is 186 g/mol. The van der Waals surface area contributed by atoms with Crippen molar-refractivity contribution < 1.29 is 9.47 Å². The van der Waals surface area contributed by atoms with Gasteiger partial charge in [-0.25, -0.2) is 4.68 Å². The Balaban J connectivity index is 2.46. The average Bonchev–Trinajstić information content (AvgIpc) is 2.50. The van der Waals surface area contributed by atoms with Crippen molar-refractivity contribution in [1.29, 1.82) is 0 Å². The van der Waals surface area contributed by atoms with Gasteiger partial charge in [0.25, 0.3) is 0 Å². The summed E-state index contributed by atoms with van der Waals surface area (Å²) in [5.41, 5.74) is 5.40. The van der Waals surface area contributed by atoms with Crippen LogP contribution in [0.4, 0.5) is 5.82 Å². The zero-order valence-corrected chi connectivity index (χ0v) is 7.80. The first-order valence-electron chi connectivity index (χ1n) is 3.93. The van der Waals surface area contributed by atoms with Gasteiger partial charge in [0.05, 0.1) is 25.5 Å². The van der Waals surface area contributed by atoms with Gasteiger partial charge < -0.3 is 15.2 Å². The number of methoxy groups -OCH3 is 2. The highest BCUT2D eigenvalue weighted by Crippen LogP contribution is 1.98. The van der Waals surface area contributed by atoms with E-state index < -0.39 is 0 Å². The fraction of sp³-hybridized carbons (Fsp3) is 0.714. The van der Waals surface area contributed by atoms with E-state index in [2.05, 4.69) is 10.3 Å². The SMILES string of the molecule is COCC(Cn1cc(N)nn1)OC. The van der Waals surface area contributed by atoms with Crippen molar-refractivity contribution in [3.63, 3.8) is 0 Å². The number of ether oxygens (including phenoxy) is 2. The molecule has 0 fully saturated rings. The van der Waals surface area contributed by atoms with Gasteiger partial charge in [-0.05, 0) is 0 Å². The Morgan fingerprint density at radius 1 is 1.62 bits per heavy atom. The molecule has 1 aromatic rings. The fourth-order valence-electron chi connectivity index (χ4n) is 0.992. The molecule has 0 aliphatic carbocycles. The highest BCUT2D eigenvalue weighted by Gasteiger charge is 2.08. The van der Waals surface area contributed by atoms with Crippen molar-refractivity contribution in [3.8, 4) is 0 Å². The molecule has 0 bridgehead atoms. The highest BCUT2D eigenvalue weighted by molar-refractivity contribution is 5.19. The summed E-state index contributed by atoms with van der Waals surface area (Å²) >= 11 is 0. The predicted molar refractivity (Wildman–Crippen MR) is 47.1 cm³/mol. The number of hydrogen-bond donors (Lipinski definition) is 1. The molecule has 2 N–H and O–H groups in total. The summed E-state index contributed by atoms with van der Waals surface area (Å²) in [4.78, 5) is 0. The van der Waals surface area contributed by atoms with Gasteiger partial charge in [-0.1, -0.05) is 5.21 Å². The molecule has 6 heteroatoms. The van der Waals surface area contributed by atoms with Crippen LogP contribution in [0.25, 0.3) is 0 Å². The van der Waals surface area contributed by atoms with E-state index >= 15 is 0 Å². The maximum atomic E-state index is 5.40. The van der Waals surface area contributed by atoms with E-state index in [9.17, 15) is 0 Å². The number of nitrogens with zero attached hydrogens (tertiary/aromatic N) is 3. The quantitative estimate of drug-likeness (QED) is 0.672. The predicted octanol–water partition coefficient (Wildman–Crippen LogP) is -0.478. The first-order chi connectivity index (χ1) is 6.26. The zero-order valence-electron chi connectivity index (χ0n) is 7.80. The monoisotopic (exact) mass is 186 g/mol. The molecular weight excluding hydrogens is 172 g/mol. The van der Waals surface area contributed by atoms with Crippen LogP contribution in [0.3, 0.4) is 0 Å². The Kier molecular flexibility index (Phi) is 3.66. The number of rotatable bonds is 5. The molecular formula is C7H14N4O2. The molecule has 0 saturated carbocycles. The second kappa shape index (κ2) is 4.78. The van der Waals surface area contributed by atoms with Gasteiger partial charge in [0.1, 0.15) is 0 Å². The lowest BCUT2D eigenvalue weighted by Crippen LogP contribution is -2.24. The molecule has 0 spiro atoms. The Morgan fingerprint density at radius 2 is 2.38 bits per heavy atom. The summed E-state index contributed by atoms with van der Waals surface area (Å²) < 4.78 is 11.7. The Labute approximate surface area is 76.6 Å². The van der Waals surface area contributed by atoms with E-state index in [4.69, 9.17) is 15.2 Å². The third kappa shape index (κ3) is 3.00. The van der Waals surface area contributed by atoms with Crippen molar-refractivity contribution in [3.05, 3.63) is 6.20 Å². The van der Waals surface area contributed by atoms with Crippen LogP contribution in [-0.4, -0.2) is 41.9 Å². The standard InChI is InChI=1S/C7H14N4O2/c1-12-5-6(13-2)3-11-4-7(8)9-10-11/h4,6H,3,5,8H2,1-2H3. The Hall–Kier alpha value is -1.14. The topological polar surface area (TPSA) is 75.2 Å². The molecule has 0 aliphatic rings. The van der Waals surface area contributed by atoms with Crippen molar-refractivity contribution in [2.75, 3.05) is 26.6 Å². The molecule has 0 radical (unpaired) electrons. The lowest BCUT2D eigenvalue weighted by atomic mass is 10.4. The molecule has 1 aromatic heterocycles. The molecule has 6 nitrogen and oxygen atoms in total.